The second-order valence-electron chi connectivity index (χ2n) is 16.2. The van der Waals surface area contributed by atoms with Crippen molar-refractivity contribution in [3.63, 3.8) is 0 Å². The fourth-order valence-corrected chi connectivity index (χ4v) is 10.0. The van der Waals surface area contributed by atoms with E-state index in [2.05, 4.69) is 55.9 Å². The lowest BCUT2D eigenvalue weighted by Gasteiger charge is -2.54. The van der Waals surface area contributed by atoms with Crippen LogP contribution >= 0.6 is 11.9 Å². The van der Waals surface area contributed by atoms with Crippen molar-refractivity contribution >= 4 is 51.4 Å². The lowest BCUT2D eigenvalue weighted by atomic mass is 9.72. The Morgan fingerprint density at radius 1 is 1.07 bits per heavy atom. The maximum Gasteiger partial charge on any atom is 0.422 e. The number of aromatic nitrogens is 4. The maximum atomic E-state index is 14.1. The monoisotopic (exact) mass is 761 g/mol. The summed E-state index contributed by atoms with van der Waals surface area (Å²) in [7, 11) is 4.23. The number of rotatable bonds is 10. The molecule has 286 valence electrons. The lowest BCUT2D eigenvalue weighted by molar-refractivity contribution is -0.153. The number of ether oxygens (including phenoxy) is 1. The van der Waals surface area contributed by atoms with Crippen LogP contribution in [0.1, 0.15) is 42.7 Å². The van der Waals surface area contributed by atoms with E-state index in [1.165, 1.54) is 6.08 Å². The minimum Gasteiger partial charge on any atom is -0.481 e. The average molecular weight is 762 g/mol. The topological polar surface area (TPSA) is 97.0 Å². The molecule has 6 heterocycles. The molecule has 1 aliphatic carbocycles. The molecule has 9 rings (SSSR count). The number of nitrogens with zero attached hydrogens (tertiary/aromatic N) is 8. The fraction of sp³-hybridized carbons (Fsp3) is 0.538. The molecule has 0 atom stereocenters. The van der Waals surface area contributed by atoms with Gasteiger partial charge in [0.05, 0.1) is 17.0 Å². The summed E-state index contributed by atoms with van der Waals surface area (Å²) in [5, 5.41) is 9.27. The summed E-state index contributed by atoms with van der Waals surface area (Å²) >= 11 is 1.88. The van der Waals surface area contributed by atoms with Crippen LogP contribution in [-0.4, -0.2) is 131 Å². The summed E-state index contributed by atoms with van der Waals surface area (Å²) in [4.78, 5) is 31.2. The Balaban J connectivity index is 1.14. The molecule has 1 spiro atoms. The van der Waals surface area contributed by atoms with Crippen molar-refractivity contribution in [2.75, 3.05) is 82.9 Å². The fourth-order valence-electron chi connectivity index (χ4n) is 8.60. The zero-order valence-electron chi connectivity index (χ0n) is 31.0. The Bertz CT molecular complexity index is 2110. The van der Waals surface area contributed by atoms with Gasteiger partial charge in [0, 0.05) is 80.2 Å². The largest absolute Gasteiger partial charge is 0.481 e. The summed E-state index contributed by atoms with van der Waals surface area (Å²) in [6, 6.07) is 6.63. The van der Waals surface area contributed by atoms with E-state index in [0.717, 1.165) is 98.4 Å². The molecule has 5 aliphatic rings. The van der Waals surface area contributed by atoms with Crippen molar-refractivity contribution in [1.29, 1.82) is 0 Å². The highest BCUT2D eigenvalue weighted by molar-refractivity contribution is 7.97. The van der Waals surface area contributed by atoms with Crippen molar-refractivity contribution in [2.24, 2.45) is 5.41 Å². The van der Waals surface area contributed by atoms with Gasteiger partial charge in [0.25, 0.3) is 0 Å². The molecule has 4 aromatic rings. The summed E-state index contributed by atoms with van der Waals surface area (Å²) in [6.45, 7) is 10.6. The number of hydrogen-bond donors (Lipinski definition) is 1. The molecule has 1 amide bonds. The quantitative estimate of drug-likeness (QED) is 0.153. The predicted molar refractivity (Wildman–Crippen MR) is 206 cm³/mol. The van der Waals surface area contributed by atoms with Gasteiger partial charge in [-0.1, -0.05) is 24.6 Å². The molecule has 4 aliphatic heterocycles. The zero-order chi connectivity index (χ0) is 37.5. The minimum atomic E-state index is -4.55. The van der Waals surface area contributed by atoms with E-state index in [0.29, 0.717) is 46.8 Å². The number of likely N-dealkylation sites (N-methyl/N-ethyl adjacent to an activating group) is 1. The van der Waals surface area contributed by atoms with E-state index < -0.39 is 12.8 Å². The average Bonchev–Trinajstić information content (AvgIpc) is 3.83. The van der Waals surface area contributed by atoms with Gasteiger partial charge in [0.2, 0.25) is 11.9 Å². The molecule has 0 unspecified atom stereocenters. The molecule has 1 N–H and O–H groups in total. The molecule has 0 radical (unpaired) electrons. The van der Waals surface area contributed by atoms with Gasteiger partial charge in [0.1, 0.15) is 11.3 Å². The number of hydrogen-bond acceptors (Lipinski definition) is 10. The molecule has 4 saturated heterocycles. The van der Waals surface area contributed by atoms with Gasteiger partial charge in [-0.15, -0.1) is 0 Å². The molecule has 54 heavy (non-hydrogen) atoms. The van der Waals surface area contributed by atoms with Crippen LogP contribution < -0.4 is 14.5 Å². The van der Waals surface area contributed by atoms with Gasteiger partial charge in [-0.2, -0.15) is 23.3 Å². The highest BCUT2D eigenvalue weighted by Crippen LogP contribution is 2.53. The van der Waals surface area contributed by atoms with Crippen molar-refractivity contribution in [2.45, 2.75) is 56.0 Å². The highest BCUT2D eigenvalue weighted by atomic mass is 32.2. The first-order valence-corrected chi connectivity index (χ1v) is 19.7. The van der Waals surface area contributed by atoms with Crippen molar-refractivity contribution in [3.8, 4) is 16.9 Å². The van der Waals surface area contributed by atoms with E-state index >= 15 is 0 Å². The van der Waals surface area contributed by atoms with E-state index in [4.69, 9.17) is 14.7 Å². The van der Waals surface area contributed by atoms with Crippen LogP contribution in [0.4, 0.5) is 24.9 Å². The Morgan fingerprint density at radius 3 is 2.48 bits per heavy atom. The van der Waals surface area contributed by atoms with Gasteiger partial charge in [-0.05, 0) is 87.5 Å². The van der Waals surface area contributed by atoms with Crippen LogP contribution in [0.5, 0.6) is 5.75 Å². The number of aromatic amines is 1. The molecule has 1 saturated carbocycles. The number of H-pyrrole nitrogens is 1. The Hall–Kier alpha value is -4.08. The molecule has 11 nitrogen and oxygen atoms in total. The first kappa shape index (κ1) is 35.6. The van der Waals surface area contributed by atoms with Gasteiger partial charge in [-0.25, -0.2) is 9.29 Å². The van der Waals surface area contributed by atoms with Gasteiger partial charge in [0.15, 0.2) is 12.4 Å². The summed E-state index contributed by atoms with van der Waals surface area (Å²) < 4.78 is 50.7. The third-order valence-corrected chi connectivity index (χ3v) is 13.3. The third kappa shape index (κ3) is 6.45. The minimum absolute atomic E-state index is 0.0386. The van der Waals surface area contributed by atoms with Crippen LogP contribution in [0.2, 0.25) is 0 Å². The Labute approximate surface area is 317 Å². The van der Waals surface area contributed by atoms with Crippen molar-refractivity contribution in [3.05, 3.63) is 48.2 Å². The molecular weight excluding hydrogens is 716 g/mol. The van der Waals surface area contributed by atoms with Crippen LogP contribution in [0, 0.1) is 12.3 Å². The maximum absolute atomic E-state index is 14.1. The van der Waals surface area contributed by atoms with Crippen molar-refractivity contribution < 1.29 is 22.7 Å². The Morgan fingerprint density at radius 2 is 1.81 bits per heavy atom. The molecule has 5 fully saturated rings. The van der Waals surface area contributed by atoms with Crippen LogP contribution in [-0.2, 0) is 4.79 Å². The number of nitrogens with one attached hydrogen (secondary N) is 1. The SMILES string of the molecule is C=CC(=O)N1CC2(CCN(c3nc(N4CC(SN5CC(N(C)C)C5)C4)nc4c(OCC(F)(F)F)c(-c5c(C)ccc6[nH]ncc56)c(C5CC5)cc34)CC2)C1. The number of anilines is 2. The van der Waals surface area contributed by atoms with Gasteiger partial charge in [-0.3, -0.25) is 9.89 Å². The zero-order valence-corrected chi connectivity index (χ0v) is 31.8. The number of likely N-dealkylation sites (tertiary alicyclic amines) is 1. The van der Waals surface area contributed by atoms with Crippen LogP contribution in [0.15, 0.2) is 37.1 Å². The summed E-state index contributed by atoms with van der Waals surface area (Å²) in [5.41, 5.74) is 4.63. The third-order valence-electron chi connectivity index (χ3n) is 12.1. The van der Waals surface area contributed by atoms with E-state index in [1.54, 1.807) is 6.20 Å². The van der Waals surface area contributed by atoms with Gasteiger partial charge >= 0.3 is 6.18 Å². The number of piperidine rings is 1. The molecule has 15 heteroatoms. The number of aryl methyl sites for hydroxylation is 1. The number of halogens is 3. The number of benzene rings is 2. The van der Waals surface area contributed by atoms with Crippen LogP contribution in [0.3, 0.4) is 0 Å². The van der Waals surface area contributed by atoms with E-state index in [-0.39, 0.29) is 23.0 Å². The first-order chi connectivity index (χ1) is 25.9. The predicted octanol–water partition coefficient (Wildman–Crippen LogP) is 6.00. The van der Waals surface area contributed by atoms with Gasteiger partial charge < -0.3 is 24.3 Å². The molecule has 2 aromatic carbocycles. The first-order valence-electron chi connectivity index (χ1n) is 18.9. The second-order valence-corrected chi connectivity index (χ2v) is 17.6. The molecule has 2 aromatic heterocycles. The highest BCUT2D eigenvalue weighted by Gasteiger charge is 2.47. The van der Waals surface area contributed by atoms with E-state index in [1.807, 2.05) is 35.9 Å². The second kappa shape index (κ2) is 13.3. The Kier molecular flexibility index (Phi) is 8.77. The smallest absolute Gasteiger partial charge is 0.422 e. The number of carbonyl (C=O) groups excluding carboxylic acids is 1. The number of amides is 1. The van der Waals surface area contributed by atoms with Crippen LogP contribution in [0.25, 0.3) is 32.9 Å². The standard InChI is InChI=1S/C39H46F3N9O2S/c1-5-31(52)50-20-38(21-50)10-12-48(13-11-38)36-28-14-27(24-7-8-24)33(32-23(2)6-9-30-29(32)15-43-46-30)35(53-22-39(40,41)42)34(28)44-37(45-36)49-18-26(19-49)54-51-16-25(17-51)47(3)4/h5-6,9,14-15,24-26H,1,7-8,10-13,16-22H2,2-4H3,(H,43,46). The number of carbonyl (C=O) groups is 1. The lowest BCUT2D eigenvalue weighted by Crippen LogP contribution is -2.61. The molecule has 0 bridgehead atoms. The normalized spacial score (nSPS) is 20.8. The number of fused-ring (bicyclic) bond motifs is 2. The van der Waals surface area contributed by atoms with E-state index in [9.17, 15) is 18.0 Å². The summed E-state index contributed by atoms with van der Waals surface area (Å²) in [6.07, 6.45) is 2.21. The number of alkyl halides is 3. The molecular formula is C39H46F3N9O2S. The summed E-state index contributed by atoms with van der Waals surface area (Å²) in [5.74, 6) is 1.54. The van der Waals surface area contributed by atoms with Crippen molar-refractivity contribution in [1.82, 2.24) is 34.3 Å².